The Morgan fingerprint density at radius 3 is 2.67 bits per heavy atom. The Balaban J connectivity index is 1.55. The first kappa shape index (κ1) is 20.2. The van der Waals surface area contributed by atoms with Crippen LogP contribution in [-0.4, -0.2) is 49.6 Å². The highest BCUT2D eigenvalue weighted by Gasteiger charge is 2.23. The highest BCUT2D eigenvalue weighted by Crippen LogP contribution is 2.18. The lowest BCUT2D eigenvalue weighted by Gasteiger charge is -2.26. The number of rotatable bonds is 3. The summed E-state index contributed by atoms with van der Waals surface area (Å²) in [6.07, 6.45) is 4.65. The Hall–Kier alpha value is -3.09. The average Bonchev–Trinajstić information content (AvgIpc) is 2.98. The molecule has 4 rings (SSSR count). The van der Waals surface area contributed by atoms with E-state index >= 15 is 0 Å². The van der Waals surface area contributed by atoms with Crippen LogP contribution < -0.4 is 16.1 Å². The number of aromatic nitrogens is 4. The van der Waals surface area contributed by atoms with E-state index in [1.165, 1.54) is 11.6 Å². The highest BCUT2D eigenvalue weighted by molar-refractivity contribution is 6.30. The molecule has 3 aromatic rings. The third-order valence-corrected chi connectivity index (χ3v) is 5.71. The van der Waals surface area contributed by atoms with Gasteiger partial charge in [0.2, 0.25) is 0 Å². The number of nitrogens with zero attached hydrogens (tertiary/aromatic N) is 7. The van der Waals surface area contributed by atoms with Gasteiger partial charge in [-0.05, 0) is 18.6 Å². The van der Waals surface area contributed by atoms with Gasteiger partial charge >= 0.3 is 5.69 Å². The Kier molecular flexibility index (Phi) is 5.37. The molecule has 1 aliphatic heterocycles. The predicted molar refractivity (Wildman–Crippen MR) is 114 cm³/mol. The lowest BCUT2D eigenvalue weighted by atomic mass is 10.2. The molecule has 1 aliphatic rings. The summed E-state index contributed by atoms with van der Waals surface area (Å²) in [5.41, 5.74) is 0.813. The number of fused-ring (bicyclic) bond motifs is 1. The Morgan fingerprint density at radius 2 is 1.90 bits per heavy atom. The van der Waals surface area contributed by atoms with Gasteiger partial charge in [0.15, 0.2) is 5.56 Å². The van der Waals surface area contributed by atoms with Crippen LogP contribution in [0.25, 0.3) is 5.65 Å². The maximum absolute atomic E-state index is 12.4. The molecule has 0 unspecified atom stereocenters. The van der Waals surface area contributed by atoms with Crippen LogP contribution in [0.15, 0.2) is 34.1 Å². The Labute approximate surface area is 178 Å². The molecule has 0 atom stereocenters. The largest absolute Gasteiger partial charge is 0.355 e. The fourth-order valence-electron chi connectivity index (χ4n) is 3.96. The SMILES string of the molecule is Cn1c(N2CCCN(Cc3cn4cc(Cl)ccc4n3)CC2)c(C#N)c(=O)n(C)c1=O. The van der Waals surface area contributed by atoms with E-state index in [0.29, 0.717) is 30.5 Å². The third kappa shape index (κ3) is 3.60. The van der Waals surface area contributed by atoms with Gasteiger partial charge in [0.1, 0.15) is 17.5 Å². The lowest BCUT2D eigenvalue weighted by molar-refractivity contribution is 0.282. The second-order valence-corrected chi connectivity index (χ2v) is 7.91. The molecule has 1 saturated heterocycles. The fourth-order valence-corrected chi connectivity index (χ4v) is 4.13. The standard InChI is InChI=1S/C20H22ClN7O2/c1-24-18(16(10-22)19(29)25(2)20(24)30)27-7-3-6-26(8-9-27)12-15-13-28-11-14(21)4-5-17(28)23-15/h4-5,11,13H,3,6-9,12H2,1-2H3. The summed E-state index contributed by atoms with van der Waals surface area (Å²) in [6.45, 7) is 3.53. The third-order valence-electron chi connectivity index (χ3n) is 5.48. The number of hydrogen-bond acceptors (Lipinski definition) is 6. The van der Waals surface area contributed by atoms with Gasteiger partial charge in [-0.2, -0.15) is 5.26 Å². The first-order valence-corrected chi connectivity index (χ1v) is 10.1. The van der Waals surface area contributed by atoms with Crippen LogP contribution in [0, 0.1) is 11.3 Å². The molecule has 0 N–H and O–H groups in total. The smallest absolute Gasteiger partial charge is 0.332 e. The predicted octanol–water partition coefficient (Wildman–Crippen LogP) is 0.969. The summed E-state index contributed by atoms with van der Waals surface area (Å²) in [5, 5.41) is 10.2. The van der Waals surface area contributed by atoms with Gasteiger partial charge in [-0.15, -0.1) is 0 Å². The van der Waals surface area contributed by atoms with Crippen molar-refractivity contribution in [1.82, 2.24) is 23.4 Å². The van der Waals surface area contributed by atoms with Crippen molar-refractivity contribution in [3.05, 3.63) is 61.6 Å². The van der Waals surface area contributed by atoms with E-state index < -0.39 is 11.2 Å². The van der Waals surface area contributed by atoms with Crippen molar-refractivity contribution in [2.24, 2.45) is 14.1 Å². The monoisotopic (exact) mass is 427 g/mol. The lowest BCUT2D eigenvalue weighted by Crippen LogP contribution is -2.43. The molecule has 0 spiro atoms. The Bertz CT molecular complexity index is 1270. The molecule has 0 aromatic carbocycles. The second kappa shape index (κ2) is 7.97. The van der Waals surface area contributed by atoms with Gasteiger partial charge in [-0.1, -0.05) is 11.6 Å². The number of nitriles is 1. The minimum absolute atomic E-state index is 0.00489. The van der Waals surface area contributed by atoms with Crippen molar-refractivity contribution in [1.29, 1.82) is 5.26 Å². The van der Waals surface area contributed by atoms with Gasteiger partial charge in [0.05, 0.1) is 10.7 Å². The highest BCUT2D eigenvalue weighted by atomic mass is 35.5. The van der Waals surface area contributed by atoms with Gasteiger partial charge in [-0.25, -0.2) is 9.78 Å². The summed E-state index contributed by atoms with van der Waals surface area (Å²) >= 11 is 6.05. The summed E-state index contributed by atoms with van der Waals surface area (Å²) in [5.74, 6) is 0.398. The molecule has 0 bridgehead atoms. The van der Waals surface area contributed by atoms with Crippen molar-refractivity contribution in [3.63, 3.8) is 0 Å². The van der Waals surface area contributed by atoms with Crippen LogP contribution in [0.3, 0.4) is 0 Å². The van der Waals surface area contributed by atoms with Gasteiger partial charge in [0, 0.05) is 59.2 Å². The zero-order valence-corrected chi connectivity index (χ0v) is 17.6. The maximum atomic E-state index is 12.4. The minimum atomic E-state index is -0.555. The Morgan fingerprint density at radius 1 is 1.10 bits per heavy atom. The molecular formula is C20H22ClN7O2. The van der Waals surface area contributed by atoms with Crippen molar-refractivity contribution < 1.29 is 0 Å². The molecule has 0 saturated carbocycles. The molecule has 9 nitrogen and oxygen atoms in total. The molecule has 30 heavy (non-hydrogen) atoms. The van der Waals surface area contributed by atoms with Crippen LogP contribution in [-0.2, 0) is 20.6 Å². The molecular weight excluding hydrogens is 406 g/mol. The maximum Gasteiger partial charge on any atom is 0.332 e. The molecule has 0 aliphatic carbocycles. The van der Waals surface area contributed by atoms with Gasteiger partial charge in [0.25, 0.3) is 5.56 Å². The van der Waals surface area contributed by atoms with Crippen molar-refractivity contribution in [2.45, 2.75) is 13.0 Å². The number of hydrogen-bond donors (Lipinski definition) is 0. The number of anilines is 1. The van der Waals surface area contributed by atoms with Crippen molar-refractivity contribution in [3.8, 4) is 6.07 Å². The summed E-state index contributed by atoms with van der Waals surface area (Å²) in [6, 6.07) is 5.69. The molecule has 4 heterocycles. The first-order valence-electron chi connectivity index (χ1n) is 9.69. The van der Waals surface area contributed by atoms with E-state index in [1.54, 1.807) is 7.05 Å². The minimum Gasteiger partial charge on any atom is -0.355 e. The van der Waals surface area contributed by atoms with Crippen LogP contribution in [0.2, 0.25) is 5.02 Å². The van der Waals surface area contributed by atoms with Gasteiger partial charge in [-0.3, -0.25) is 18.8 Å². The van der Waals surface area contributed by atoms with Gasteiger partial charge < -0.3 is 9.30 Å². The molecule has 3 aromatic heterocycles. The van der Waals surface area contributed by atoms with E-state index in [9.17, 15) is 14.9 Å². The summed E-state index contributed by atoms with van der Waals surface area (Å²) in [7, 11) is 2.99. The summed E-state index contributed by atoms with van der Waals surface area (Å²) < 4.78 is 4.28. The second-order valence-electron chi connectivity index (χ2n) is 7.48. The van der Waals surface area contributed by atoms with E-state index in [2.05, 4.69) is 9.88 Å². The van der Waals surface area contributed by atoms with Crippen LogP contribution in [0.4, 0.5) is 5.82 Å². The topological polar surface area (TPSA) is 91.6 Å². The van der Waals surface area contributed by atoms with Crippen LogP contribution >= 0.6 is 11.6 Å². The van der Waals surface area contributed by atoms with E-state index in [4.69, 9.17) is 11.6 Å². The van der Waals surface area contributed by atoms with E-state index in [0.717, 1.165) is 35.4 Å². The fraction of sp³-hybridized carbons (Fsp3) is 0.400. The number of halogens is 1. The first-order chi connectivity index (χ1) is 14.4. The molecule has 0 amide bonds. The molecule has 0 radical (unpaired) electrons. The zero-order valence-electron chi connectivity index (χ0n) is 16.9. The molecule has 156 valence electrons. The zero-order chi connectivity index (χ0) is 21.4. The van der Waals surface area contributed by atoms with Crippen molar-refractivity contribution in [2.75, 3.05) is 31.1 Å². The quantitative estimate of drug-likeness (QED) is 0.618. The van der Waals surface area contributed by atoms with Crippen LogP contribution in [0.5, 0.6) is 0 Å². The van der Waals surface area contributed by atoms with Crippen LogP contribution in [0.1, 0.15) is 17.7 Å². The van der Waals surface area contributed by atoms with Crippen molar-refractivity contribution >= 4 is 23.1 Å². The average molecular weight is 428 g/mol. The number of pyridine rings is 1. The molecule has 10 heteroatoms. The molecule has 1 fully saturated rings. The van der Waals surface area contributed by atoms with E-state index in [1.807, 2.05) is 39.9 Å². The number of imidazole rings is 1. The normalized spacial score (nSPS) is 15.3. The van der Waals surface area contributed by atoms with E-state index in [-0.39, 0.29) is 5.56 Å². The summed E-state index contributed by atoms with van der Waals surface area (Å²) in [4.78, 5) is 33.7.